The standard InChI is InChI=1S/C15H18O4/c1-10(15(18)19)13-5-3-12(4-6-13)9-14(7-8-16)11(2)17/h3-6,9-10,16H,7-8H2,1-2H3,(H,18,19). The Kier molecular flexibility index (Phi) is 5.45. The number of aliphatic hydroxyl groups is 1. The van der Waals surface area contributed by atoms with Gasteiger partial charge in [0.15, 0.2) is 5.78 Å². The van der Waals surface area contributed by atoms with Crippen molar-refractivity contribution in [2.24, 2.45) is 0 Å². The van der Waals surface area contributed by atoms with Crippen LogP contribution in [0.5, 0.6) is 0 Å². The SMILES string of the molecule is CC(=O)C(=Cc1ccc(C(C)C(=O)O)cc1)CCO. The number of aliphatic hydroxyl groups excluding tert-OH is 1. The maximum Gasteiger partial charge on any atom is 0.310 e. The number of ketones is 1. The van der Waals surface area contributed by atoms with Crippen LogP contribution in [0.15, 0.2) is 29.8 Å². The second-order valence-electron chi connectivity index (χ2n) is 4.43. The van der Waals surface area contributed by atoms with E-state index in [2.05, 4.69) is 0 Å². The minimum atomic E-state index is -0.868. The summed E-state index contributed by atoms with van der Waals surface area (Å²) in [4.78, 5) is 22.2. The third-order valence-corrected chi connectivity index (χ3v) is 2.98. The molecule has 0 amide bonds. The number of carboxylic acid groups (broad SMARTS) is 1. The molecular weight excluding hydrogens is 244 g/mol. The summed E-state index contributed by atoms with van der Waals surface area (Å²) in [5.74, 6) is -1.49. The van der Waals surface area contributed by atoms with Crippen LogP contribution in [0.2, 0.25) is 0 Å². The summed E-state index contributed by atoms with van der Waals surface area (Å²) in [5.41, 5.74) is 2.10. The fourth-order valence-corrected chi connectivity index (χ4v) is 1.69. The molecule has 102 valence electrons. The molecule has 4 heteroatoms. The summed E-state index contributed by atoms with van der Waals surface area (Å²) in [7, 11) is 0. The van der Waals surface area contributed by atoms with E-state index in [1.54, 1.807) is 37.3 Å². The first-order valence-corrected chi connectivity index (χ1v) is 6.11. The zero-order valence-electron chi connectivity index (χ0n) is 11.1. The molecule has 0 fully saturated rings. The van der Waals surface area contributed by atoms with E-state index in [0.29, 0.717) is 12.0 Å². The molecule has 0 radical (unpaired) electrons. The highest BCUT2D eigenvalue weighted by Gasteiger charge is 2.12. The summed E-state index contributed by atoms with van der Waals surface area (Å²) in [5, 5.41) is 17.8. The molecule has 19 heavy (non-hydrogen) atoms. The lowest BCUT2D eigenvalue weighted by Crippen LogP contribution is -2.07. The number of Topliss-reactive ketones (excluding diaryl/α,β-unsaturated/α-hetero) is 1. The van der Waals surface area contributed by atoms with E-state index in [-0.39, 0.29) is 12.4 Å². The minimum Gasteiger partial charge on any atom is -0.481 e. The fraction of sp³-hybridized carbons (Fsp3) is 0.333. The van der Waals surface area contributed by atoms with Crippen LogP contribution in [0.25, 0.3) is 6.08 Å². The van der Waals surface area contributed by atoms with Gasteiger partial charge < -0.3 is 10.2 Å². The normalized spacial score (nSPS) is 13.1. The molecule has 0 aliphatic carbocycles. The molecule has 1 atom stereocenters. The number of aliphatic carboxylic acids is 1. The smallest absolute Gasteiger partial charge is 0.310 e. The molecule has 1 unspecified atom stereocenters. The molecule has 0 spiro atoms. The Morgan fingerprint density at radius 3 is 2.26 bits per heavy atom. The highest BCUT2D eigenvalue weighted by molar-refractivity contribution is 5.97. The average Bonchev–Trinajstić information content (AvgIpc) is 2.38. The molecular formula is C15H18O4. The van der Waals surface area contributed by atoms with Crippen molar-refractivity contribution in [1.29, 1.82) is 0 Å². The molecule has 0 aliphatic rings. The van der Waals surface area contributed by atoms with E-state index >= 15 is 0 Å². The van der Waals surface area contributed by atoms with Crippen molar-refractivity contribution >= 4 is 17.8 Å². The van der Waals surface area contributed by atoms with Crippen molar-refractivity contribution in [3.8, 4) is 0 Å². The Hall–Kier alpha value is -1.94. The van der Waals surface area contributed by atoms with Gasteiger partial charge in [-0.1, -0.05) is 24.3 Å². The van der Waals surface area contributed by atoms with Gasteiger partial charge in [0.2, 0.25) is 0 Å². The first kappa shape index (κ1) is 15.1. The zero-order chi connectivity index (χ0) is 14.4. The Morgan fingerprint density at radius 2 is 1.84 bits per heavy atom. The first-order chi connectivity index (χ1) is 8.95. The molecule has 0 saturated heterocycles. The summed E-state index contributed by atoms with van der Waals surface area (Å²) in [6.07, 6.45) is 2.04. The molecule has 0 saturated carbocycles. The summed E-state index contributed by atoms with van der Waals surface area (Å²) in [6, 6.07) is 7.02. The summed E-state index contributed by atoms with van der Waals surface area (Å²) in [6.45, 7) is 3.02. The van der Waals surface area contributed by atoms with E-state index in [9.17, 15) is 9.59 Å². The van der Waals surface area contributed by atoms with Gasteiger partial charge in [0, 0.05) is 6.61 Å². The van der Waals surface area contributed by atoms with Gasteiger partial charge in [0.25, 0.3) is 0 Å². The number of benzene rings is 1. The Morgan fingerprint density at radius 1 is 1.26 bits per heavy atom. The van der Waals surface area contributed by atoms with Crippen molar-refractivity contribution in [2.75, 3.05) is 6.61 Å². The number of carbonyl (C=O) groups is 2. The van der Waals surface area contributed by atoms with Gasteiger partial charge in [0.1, 0.15) is 0 Å². The third-order valence-electron chi connectivity index (χ3n) is 2.98. The van der Waals surface area contributed by atoms with E-state index in [1.165, 1.54) is 6.92 Å². The van der Waals surface area contributed by atoms with Crippen molar-refractivity contribution < 1.29 is 19.8 Å². The molecule has 0 aliphatic heterocycles. The predicted molar refractivity (Wildman–Crippen MR) is 72.9 cm³/mol. The third kappa shape index (κ3) is 4.34. The van der Waals surface area contributed by atoms with Gasteiger partial charge in [-0.05, 0) is 43.0 Å². The van der Waals surface area contributed by atoms with Gasteiger partial charge in [-0.3, -0.25) is 9.59 Å². The molecule has 4 nitrogen and oxygen atoms in total. The van der Waals surface area contributed by atoms with E-state index in [0.717, 1.165) is 11.1 Å². The maximum atomic E-state index is 11.3. The van der Waals surface area contributed by atoms with Gasteiger partial charge in [-0.25, -0.2) is 0 Å². The largest absolute Gasteiger partial charge is 0.481 e. The van der Waals surface area contributed by atoms with Crippen LogP contribution < -0.4 is 0 Å². The Labute approximate surface area is 112 Å². The van der Waals surface area contributed by atoms with E-state index in [1.807, 2.05) is 0 Å². The average molecular weight is 262 g/mol. The number of hydrogen-bond donors (Lipinski definition) is 2. The number of hydrogen-bond acceptors (Lipinski definition) is 3. The van der Waals surface area contributed by atoms with E-state index < -0.39 is 11.9 Å². The fourth-order valence-electron chi connectivity index (χ4n) is 1.69. The number of rotatable bonds is 6. The predicted octanol–water partition coefficient (Wildman–Crippen LogP) is 2.23. The lowest BCUT2D eigenvalue weighted by molar-refractivity contribution is -0.138. The van der Waals surface area contributed by atoms with E-state index in [4.69, 9.17) is 10.2 Å². The summed E-state index contributed by atoms with van der Waals surface area (Å²) < 4.78 is 0. The van der Waals surface area contributed by atoms with Crippen molar-refractivity contribution in [3.05, 3.63) is 41.0 Å². The van der Waals surface area contributed by atoms with Crippen LogP contribution in [-0.2, 0) is 9.59 Å². The monoisotopic (exact) mass is 262 g/mol. The lowest BCUT2D eigenvalue weighted by atomic mass is 9.98. The van der Waals surface area contributed by atoms with Gasteiger partial charge in [0.05, 0.1) is 5.92 Å². The molecule has 1 aromatic carbocycles. The number of carbonyl (C=O) groups excluding carboxylic acids is 1. The number of carboxylic acids is 1. The maximum absolute atomic E-state index is 11.3. The second kappa shape index (κ2) is 6.85. The first-order valence-electron chi connectivity index (χ1n) is 6.11. The Bertz CT molecular complexity index is 485. The molecule has 0 heterocycles. The quantitative estimate of drug-likeness (QED) is 0.771. The zero-order valence-corrected chi connectivity index (χ0v) is 11.1. The second-order valence-corrected chi connectivity index (χ2v) is 4.43. The Balaban J connectivity index is 2.95. The van der Waals surface area contributed by atoms with Crippen LogP contribution >= 0.6 is 0 Å². The van der Waals surface area contributed by atoms with Gasteiger partial charge >= 0.3 is 5.97 Å². The van der Waals surface area contributed by atoms with Crippen LogP contribution in [0.1, 0.15) is 37.3 Å². The van der Waals surface area contributed by atoms with Crippen molar-refractivity contribution in [2.45, 2.75) is 26.2 Å². The molecule has 0 bridgehead atoms. The van der Waals surface area contributed by atoms with Crippen LogP contribution in [-0.4, -0.2) is 28.6 Å². The van der Waals surface area contributed by atoms with Crippen LogP contribution in [0.4, 0.5) is 0 Å². The van der Waals surface area contributed by atoms with Gasteiger partial charge in [-0.2, -0.15) is 0 Å². The minimum absolute atomic E-state index is 0.0699. The molecule has 0 aromatic heterocycles. The lowest BCUT2D eigenvalue weighted by Gasteiger charge is -2.07. The molecule has 1 aromatic rings. The van der Waals surface area contributed by atoms with Crippen molar-refractivity contribution in [3.63, 3.8) is 0 Å². The highest BCUT2D eigenvalue weighted by atomic mass is 16.4. The molecule has 2 N–H and O–H groups in total. The van der Waals surface area contributed by atoms with Crippen LogP contribution in [0, 0.1) is 0 Å². The highest BCUT2D eigenvalue weighted by Crippen LogP contribution is 2.18. The van der Waals surface area contributed by atoms with Gasteiger partial charge in [-0.15, -0.1) is 0 Å². The van der Waals surface area contributed by atoms with Crippen LogP contribution in [0.3, 0.4) is 0 Å². The summed E-state index contributed by atoms with van der Waals surface area (Å²) >= 11 is 0. The molecule has 1 rings (SSSR count). The van der Waals surface area contributed by atoms with Crippen molar-refractivity contribution in [1.82, 2.24) is 0 Å². The topological polar surface area (TPSA) is 74.6 Å².